The maximum absolute atomic E-state index is 12.2. The van der Waals surface area contributed by atoms with Crippen molar-refractivity contribution in [3.8, 4) is 5.75 Å². The van der Waals surface area contributed by atoms with Gasteiger partial charge in [-0.2, -0.15) is 0 Å². The number of nitro benzene ring substituents is 1. The molecule has 148 valence electrons. The number of amides is 1. The summed E-state index contributed by atoms with van der Waals surface area (Å²) in [5.74, 6) is -0.762. The zero-order chi connectivity index (χ0) is 20.7. The van der Waals surface area contributed by atoms with Crippen LogP contribution in [0, 0.1) is 10.1 Å². The van der Waals surface area contributed by atoms with Crippen molar-refractivity contribution in [1.82, 2.24) is 5.32 Å². The number of rotatable bonds is 8. The number of methoxy groups -OCH3 is 1. The summed E-state index contributed by atoms with van der Waals surface area (Å²) in [7, 11) is 1.58. The van der Waals surface area contributed by atoms with Crippen molar-refractivity contribution in [2.75, 3.05) is 13.7 Å². The molecule has 0 fully saturated rings. The lowest BCUT2D eigenvalue weighted by atomic mass is 10.1. The van der Waals surface area contributed by atoms with Crippen molar-refractivity contribution in [2.45, 2.75) is 19.4 Å². The molecule has 2 aromatic rings. The quantitative estimate of drug-likeness (QED) is 0.410. The molecule has 1 atom stereocenters. The van der Waals surface area contributed by atoms with Crippen LogP contribution in [-0.2, 0) is 16.0 Å². The molecule has 0 radical (unpaired) electrons. The number of hydrogen-bond acceptors (Lipinski definition) is 6. The molecule has 0 saturated heterocycles. The second-order valence-electron chi connectivity index (χ2n) is 5.86. The van der Waals surface area contributed by atoms with Gasteiger partial charge in [-0.15, -0.1) is 0 Å². The van der Waals surface area contributed by atoms with E-state index >= 15 is 0 Å². The third-order valence-electron chi connectivity index (χ3n) is 3.90. The van der Waals surface area contributed by atoms with Gasteiger partial charge in [-0.25, -0.2) is 4.79 Å². The zero-order valence-electron chi connectivity index (χ0n) is 15.3. The van der Waals surface area contributed by atoms with Crippen LogP contribution >= 0.6 is 11.6 Å². The van der Waals surface area contributed by atoms with E-state index in [-0.39, 0.29) is 10.6 Å². The molecule has 0 aliphatic carbocycles. The number of hydrogen-bond donors (Lipinski definition) is 1. The molecule has 0 aromatic heterocycles. The SMILES string of the molecule is COc1ccc(CCNC(=O)C(C)OC(=O)c2cc(Cl)ccc2[N+](=O)[O-])cc1. The Bertz CT molecular complexity index is 869. The Morgan fingerprint density at radius 2 is 1.89 bits per heavy atom. The molecule has 0 bridgehead atoms. The molecule has 0 aliphatic rings. The van der Waals surface area contributed by atoms with Gasteiger partial charge >= 0.3 is 5.97 Å². The molecule has 1 N–H and O–H groups in total. The summed E-state index contributed by atoms with van der Waals surface area (Å²) in [5.41, 5.74) is 0.247. The first-order valence-electron chi connectivity index (χ1n) is 8.37. The van der Waals surface area contributed by atoms with E-state index in [0.717, 1.165) is 23.4 Å². The fourth-order valence-corrected chi connectivity index (χ4v) is 2.55. The van der Waals surface area contributed by atoms with E-state index in [4.69, 9.17) is 21.1 Å². The zero-order valence-corrected chi connectivity index (χ0v) is 16.1. The van der Waals surface area contributed by atoms with Crippen LogP contribution in [0.4, 0.5) is 5.69 Å². The molecule has 1 amide bonds. The second-order valence-corrected chi connectivity index (χ2v) is 6.29. The molecular formula is C19H19ClN2O6. The number of ether oxygens (including phenoxy) is 2. The van der Waals surface area contributed by atoms with Crippen LogP contribution in [0.25, 0.3) is 0 Å². The molecule has 1 unspecified atom stereocenters. The monoisotopic (exact) mass is 406 g/mol. The topological polar surface area (TPSA) is 108 Å². The van der Waals surface area contributed by atoms with Gasteiger partial charge in [0, 0.05) is 17.6 Å². The highest BCUT2D eigenvalue weighted by molar-refractivity contribution is 6.31. The molecule has 28 heavy (non-hydrogen) atoms. The fraction of sp³-hybridized carbons (Fsp3) is 0.263. The molecule has 0 heterocycles. The molecule has 8 nitrogen and oxygen atoms in total. The number of carbonyl (C=O) groups is 2. The molecule has 0 aliphatic heterocycles. The summed E-state index contributed by atoms with van der Waals surface area (Å²) in [4.78, 5) is 34.7. The molecular weight excluding hydrogens is 388 g/mol. The maximum atomic E-state index is 12.2. The first kappa shape index (κ1) is 21.2. The largest absolute Gasteiger partial charge is 0.497 e. The van der Waals surface area contributed by atoms with Crippen LogP contribution in [0.5, 0.6) is 5.75 Å². The van der Waals surface area contributed by atoms with Gasteiger partial charge in [-0.3, -0.25) is 14.9 Å². The summed E-state index contributed by atoms with van der Waals surface area (Å²) < 4.78 is 10.1. The average molecular weight is 407 g/mol. The van der Waals surface area contributed by atoms with Crippen LogP contribution in [-0.4, -0.2) is 36.6 Å². The van der Waals surface area contributed by atoms with Crippen LogP contribution in [0.15, 0.2) is 42.5 Å². The van der Waals surface area contributed by atoms with Crippen molar-refractivity contribution in [1.29, 1.82) is 0 Å². The standard InChI is InChI=1S/C19H19ClN2O6/c1-12(18(23)21-10-9-13-3-6-15(27-2)7-4-13)28-19(24)16-11-14(20)5-8-17(16)22(25)26/h3-8,11-12H,9-10H2,1-2H3,(H,21,23). The number of nitrogens with one attached hydrogen (secondary N) is 1. The van der Waals surface area contributed by atoms with Gasteiger partial charge in [0.05, 0.1) is 12.0 Å². The lowest BCUT2D eigenvalue weighted by Crippen LogP contribution is -2.37. The fourth-order valence-electron chi connectivity index (χ4n) is 2.37. The van der Waals surface area contributed by atoms with Crippen molar-refractivity contribution < 1.29 is 24.0 Å². The number of carbonyl (C=O) groups excluding carboxylic acids is 2. The predicted octanol–water partition coefficient (Wildman–Crippen LogP) is 3.16. The van der Waals surface area contributed by atoms with Gasteiger partial charge in [0.1, 0.15) is 11.3 Å². The van der Waals surface area contributed by atoms with Crippen molar-refractivity contribution in [3.05, 3.63) is 68.7 Å². The van der Waals surface area contributed by atoms with Crippen molar-refractivity contribution in [2.24, 2.45) is 0 Å². The summed E-state index contributed by atoms with van der Waals surface area (Å²) in [6, 6.07) is 10.9. The first-order valence-corrected chi connectivity index (χ1v) is 8.75. The van der Waals surface area contributed by atoms with Gasteiger partial charge in [-0.1, -0.05) is 23.7 Å². The van der Waals surface area contributed by atoms with Gasteiger partial charge in [0.15, 0.2) is 6.10 Å². The minimum absolute atomic E-state index is 0.147. The average Bonchev–Trinajstić information content (AvgIpc) is 2.67. The molecule has 0 saturated carbocycles. The Hall–Kier alpha value is -3.13. The van der Waals surface area contributed by atoms with E-state index in [1.807, 2.05) is 24.3 Å². The van der Waals surface area contributed by atoms with Gasteiger partial charge in [-0.05, 0) is 43.2 Å². The lowest BCUT2D eigenvalue weighted by Gasteiger charge is -2.14. The smallest absolute Gasteiger partial charge is 0.345 e. The number of nitro groups is 1. The summed E-state index contributed by atoms with van der Waals surface area (Å²) in [6.45, 7) is 1.72. The minimum atomic E-state index is -1.12. The number of nitrogens with zero attached hydrogens (tertiary/aromatic N) is 1. The van der Waals surface area contributed by atoms with Crippen molar-refractivity contribution in [3.63, 3.8) is 0 Å². The van der Waals surface area contributed by atoms with Crippen molar-refractivity contribution >= 4 is 29.2 Å². The van der Waals surface area contributed by atoms with Crippen LogP contribution in [0.3, 0.4) is 0 Å². The number of benzene rings is 2. The lowest BCUT2D eigenvalue weighted by molar-refractivity contribution is -0.385. The predicted molar refractivity (Wildman–Crippen MR) is 103 cm³/mol. The second kappa shape index (κ2) is 9.70. The van der Waals surface area contributed by atoms with E-state index in [1.165, 1.54) is 13.0 Å². The number of esters is 1. The Balaban J connectivity index is 1.90. The molecule has 0 spiro atoms. The minimum Gasteiger partial charge on any atom is -0.497 e. The van der Waals surface area contributed by atoms with E-state index in [1.54, 1.807) is 7.11 Å². The van der Waals surface area contributed by atoms with Gasteiger partial charge < -0.3 is 14.8 Å². The highest BCUT2D eigenvalue weighted by Crippen LogP contribution is 2.23. The van der Waals surface area contributed by atoms with Gasteiger partial charge in [0.25, 0.3) is 11.6 Å². The van der Waals surface area contributed by atoms with Gasteiger partial charge in [0.2, 0.25) is 0 Å². The number of halogens is 1. The van der Waals surface area contributed by atoms with Crippen LogP contribution in [0.1, 0.15) is 22.8 Å². The van der Waals surface area contributed by atoms with E-state index in [9.17, 15) is 19.7 Å². The maximum Gasteiger partial charge on any atom is 0.345 e. The highest BCUT2D eigenvalue weighted by Gasteiger charge is 2.25. The molecule has 9 heteroatoms. The molecule has 2 aromatic carbocycles. The van der Waals surface area contributed by atoms with Crippen LogP contribution in [0.2, 0.25) is 5.02 Å². The Kier molecular flexibility index (Phi) is 7.34. The summed E-state index contributed by atoms with van der Waals surface area (Å²) in [5, 5.41) is 13.8. The van der Waals surface area contributed by atoms with E-state index in [2.05, 4.69) is 5.32 Å². The Labute approximate surface area is 166 Å². The molecule has 2 rings (SSSR count). The first-order chi connectivity index (χ1) is 13.3. The Morgan fingerprint density at radius 3 is 2.50 bits per heavy atom. The Morgan fingerprint density at radius 1 is 1.21 bits per heavy atom. The third kappa shape index (κ3) is 5.68. The third-order valence-corrected chi connectivity index (χ3v) is 4.14. The summed E-state index contributed by atoms with van der Waals surface area (Å²) in [6.07, 6.45) is -0.544. The van der Waals surface area contributed by atoms with E-state index < -0.39 is 28.6 Å². The highest BCUT2D eigenvalue weighted by atomic mass is 35.5. The van der Waals surface area contributed by atoms with E-state index in [0.29, 0.717) is 13.0 Å². The normalized spacial score (nSPS) is 11.4. The summed E-state index contributed by atoms with van der Waals surface area (Å²) >= 11 is 5.79. The van der Waals surface area contributed by atoms with Crippen LogP contribution < -0.4 is 10.1 Å².